The van der Waals surface area contributed by atoms with Crippen LogP contribution in [0.5, 0.6) is 0 Å². The molecule has 1 aromatic carbocycles. The van der Waals surface area contributed by atoms with Gasteiger partial charge in [0.25, 0.3) is 5.91 Å². The van der Waals surface area contributed by atoms with Gasteiger partial charge in [0, 0.05) is 12.6 Å². The van der Waals surface area contributed by atoms with Gasteiger partial charge in [0.2, 0.25) is 0 Å². The fourth-order valence-electron chi connectivity index (χ4n) is 3.34. The summed E-state index contributed by atoms with van der Waals surface area (Å²) in [5, 5.41) is 21.7. The second-order valence-electron chi connectivity index (χ2n) is 7.31. The highest BCUT2D eigenvalue weighted by Crippen LogP contribution is 2.34. The van der Waals surface area contributed by atoms with E-state index in [9.17, 15) is 33.0 Å². The number of hydrogen-bond donors (Lipinski definition) is 4. The van der Waals surface area contributed by atoms with Gasteiger partial charge in [-0.15, -0.1) is 0 Å². The van der Waals surface area contributed by atoms with E-state index in [4.69, 9.17) is 5.73 Å². The first-order valence-electron chi connectivity index (χ1n) is 9.37. The van der Waals surface area contributed by atoms with Crippen molar-refractivity contribution in [1.29, 1.82) is 0 Å². The summed E-state index contributed by atoms with van der Waals surface area (Å²) < 4.78 is 38.2. The third-order valence-corrected chi connectivity index (χ3v) is 5.09. The number of aliphatic hydroxyl groups excluding tert-OH is 1. The van der Waals surface area contributed by atoms with Crippen molar-refractivity contribution < 1.29 is 33.0 Å². The number of carbonyl (C=O) groups is 2. The molecule has 0 saturated carbocycles. The van der Waals surface area contributed by atoms with Gasteiger partial charge in [-0.05, 0) is 37.9 Å². The smallest absolute Gasteiger partial charge is 0.391 e. The van der Waals surface area contributed by atoms with Crippen molar-refractivity contribution in [3.63, 3.8) is 0 Å². The molecule has 3 atom stereocenters. The summed E-state index contributed by atoms with van der Waals surface area (Å²) in [5.41, 5.74) is 6.68. The quantitative estimate of drug-likeness (QED) is 0.496. The number of carbonyl (C=O) groups excluding carboxylic acids is 1. The number of rotatable bonds is 8. The van der Waals surface area contributed by atoms with E-state index in [2.05, 4.69) is 5.32 Å². The molecule has 162 valence electrons. The fraction of sp³-hybridized carbons (Fsp3) is 0.579. The number of piperidine rings is 1. The average molecular weight is 417 g/mol. The fourth-order valence-corrected chi connectivity index (χ4v) is 3.34. The summed E-state index contributed by atoms with van der Waals surface area (Å²) >= 11 is 0. The maximum atomic E-state index is 12.7. The van der Waals surface area contributed by atoms with Crippen molar-refractivity contribution >= 4 is 11.9 Å². The number of halogens is 3. The van der Waals surface area contributed by atoms with Gasteiger partial charge < -0.3 is 26.2 Å². The van der Waals surface area contributed by atoms with Gasteiger partial charge in [-0.1, -0.05) is 30.3 Å². The van der Waals surface area contributed by atoms with E-state index >= 15 is 0 Å². The molecule has 10 heteroatoms. The second kappa shape index (κ2) is 10.0. The van der Waals surface area contributed by atoms with Crippen molar-refractivity contribution in [3.05, 3.63) is 35.9 Å². The molecule has 7 nitrogen and oxygen atoms in total. The molecular formula is C19H26F3N3O4. The lowest BCUT2D eigenvalue weighted by Crippen LogP contribution is -2.55. The molecule has 0 bridgehead atoms. The maximum absolute atomic E-state index is 12.7. The highest BCUT2D eigenvalue weighted by molar-refractivity contribution is 5.86. The normalized spacial score (nSPS) is 19.3. The van der Waals surface area contributed by atoms with E-state index in [-0.39, 0.29) is 38.9 Å². The van der Waals surface area contributed by atoms with Crippen LogP contribution in [0.4, 0.5) is 13.2 Å². The third kappa shape index (κ3) is 6.98. The van der Waals surface area contributed by atoms with E-state index in [0.717, 1.165) is 5.56 Å². The van der Waals surface area contributed by atoms with Crippen molar-refractivity contribution in [2.45, 2.75) is 43.6 Å². The Bertz CT molecular complexity index is 679. The minimum absolute atomic E-state index is 0.0832. The molecule has 5 N–H and O–H groups in total. The molecule has 0 aliphatic carbocycles. The average Bonchev–Trinajstić information content (AvgIpc) is 2.67. The first-order chi connectivity index (χ1) is 13.6. The minimum atomic E-state index is -4.26. The molecule has 1 aliphatic rings. The number of carboxylic acid groups (broad SMARTS) is 1. The van der Waals surface area contributed by atoms with E-state index in [1.165, 1.54) is 0 Å². The number of alkyl halides is 3. The van der Waals surface area contributed by atoms with Gasteiger partial charge in [0.15, 0.2) is 0 Å². The third-order valence-electron chi connectivity index (χ3n) is 5.09. The highest BCUT2D eigenvalue weighted by atomic mass is 19.4. The number of nitrogens with zero attached hydrogens (tertiary/aromatic N) is 1. The number of hydrogen-bond acceptors (Lipinski definition) is 5. The molecule has 29 heavy (non-hydrogen) atoms. The summed E-state index contributed by atoms with van der Waals surface area (Å²) in [6, 6.07) is 6.67. The van der Waals surface area contributed by atoms with Crippen LogP contribution in [0, 0.1) is 5.92 Å². The maximum Gasteiger partial charge on any atom is 0.391 e. The molecule has 1 saturated heterocycles. The molecule has 0 spiro atoms. The van der Waals surface area contributed by atoms with Crippen LogP contribution in [0.15, 0.2) is 30.3 Å². The van der Waals surface area contributed by atoms with E-state index < -0.39 is 42.2 Å². The molecule has 1 amide bonds. The molecule has 2 rings (SSSR count). The zero-order chi connectivity index (χ0) is 21.6. The Morgan fingerprint density at radius 2 is 1.79 bits per heavy atom. The van der Waals surface area contributed by atoms with E-state index in [1.807, 2.05) is 6.07 Å². The number of aliphatic carboxylic acids is 1. The number of nitrogens with one attached hydrogen (secondary N) is 1. The van der Waals surface area contributed by atoms with Crippen molar-refractivity contribution in [2.75, 3.05) is 19.6 Å². The lowest BCUT2D eigenvalue weighted by Gasteiger charge is -2.34. The highest BCUT2D eigenvalue weighted by Gasteiger charge is 2.41. The number of amides is 1. The van der Waals surface area contributed by atoms with Crippen LogP contribution >= 0.6 is 0 Å². The standard InChI is InChI=1S/C19H26F3N3O4/c20-19(21,22)13-6-8-25(9-7-13)11-15(18(28)29)24-17(27)16(26)14(23)10-12-4-2-1-3-5-12/h1-5,13-16,26H,6-11,23H2,(H,24,27)(H,28,29)/t14-,15+,16+/m1/s1. The largest absolute Gasteiger partial charge is 0.480 e. The zero-order valence-electron chi connectivity index (χ0n) is 15.8. The molecule has 1 aromatic rings. The second-order valence-corrected chi connectivity index (χ2v) is 7.31. The lowest BCUT2D eigenvalue weighted by atomic mass is 9.96. The van der Waals surface area contributed by atoms with Gasteiger partial charge in [0.1, 0.15) is 12.1 Å². The first-order valence-corrected chi connectivity index (χ1v) is 9.37. The molecule has 1 heterocycles. The van der Waals surface area contributed by atoms with Gasteiger partial charge >= 0.3 is 12.1 Å². The van der Waals surface area contributed by atoms with Crippen LogP contribution in [0.3, 0.4) is 0 Å². The molecule has 0 aromatic heterocycles. The zero-order valence-corrected chi connectivity index (χ0v) is 15.8. The topological polar surface area (TPSA) is 116 Å². The van der Waals surface area contributed by atoms with E-state index in [1.54, 1.807) is 29.2 Å². The molecule has 1 aliphatic heterocycles. The molecule has 0 radical (unpaired) electrons. The summed E-state index contributed by atoms with van der Waals surface area (Å²) in [6.45, 7) is 0.0199. The summed E-state index contributed by atoms with van der Waals surface area (Å²) in [5.74, 6) is -3.65. The lowest BCUT2D eigenvalue weighted by molar-refractivity contribution is -0.185. The molecular weight excluding hydrogens is 391 g/mol. The predicted octanol–water partition coefficient (Wildman–Crippen LogP) is 0.761. The Morgan fingerprint density at radius 3 is 2.31 bits per heavy atom. The van der Waals surface area contributed by atoms with Crippen LogP contribution in [0.2, 0.25) is 0 Å². The number of benzene rings is 1. The monoisotopic (exact) mass is 417 g/mol. The minimum Gasteiger partial charge on any atom is -0.480 e. The first kappa shape index (κ1) is 23.1. The summed E-state index contributed by atoms with van der Waals surface area (Å²) in [6.07, 6.45) is -5.89. The van der Waals surface area contributed by atoms with Crippen molar-refractivity contribution in [1.82, 2.24) is 10.2 Å². The van der Waals surface area contributed by atoms with Crippen LogP contribution in [-0.4, -0.2) is 71.0 Å². The van der Waals surface area contributed by atoms with Crippen LogP contribution < -0.4 is 11.1 Å². The van der Waals surface area contributed by atoms with Crippen molar-refractivity contribution in [3.8, 4) is 0 Å². The van der Waals surface area contributed by atoms with Crippen LogP contribution in [0.1, 0.15) is 18.4 Å². The Kier molecular flexibility index (Phi) is 8.00. The van der Waals surface area contributed by atoms with Gasteiger partial charge in [-0.3, -0.25) is 4.79 Å². The van der Waals surface area contributed by atoms with Crippen molar-refractivity contribution in [2.24, 2.45) is 11.7 Å². The Hall–Kier alpha value is -2.17. The van der Waals surface area contributed by atoms with Gasteiger partial charge in [-0.25, -0.2) is 4.79 Å². The molecule has 1 fully saturated rings. The summed E-state index contributed by atoms with van der Waals surface area (Å²) in [7, 11) is 0. The SMILES string of the molecule is N[C@H](Cc1ccccc1)[C@H](O)C(=O)N[C@@H](CN1CCC(C(F)(F)F)CC1)C(=O)O. The number of carboxylic acids is 1. The Morgan fingerprint density at radius 1 is 1.21 bits per heavy atom. The van der Waals surface area contributed by atoms with Crippen LogP contribution in [-0.2, 0) is 16.0 Å². The Labute approximate surface area is 166 Å². The number of aliphatic hydroxyl groups is 1. The number of nitrogens with two attached hydrogens (primary N) is 1. The number of likely N-dealkylation sites (tertiary alicyclic amines) is 1. The Balaban J connectivity index is 1.87. The predicted molar refractivity (Wildman–Crippen MR) is 98.9 cm³/mol. The molecule has 0 unspecified atom stereocenters. The van der Waals surface area contributed by atoms with Gasteiger partial charge in [-0.2, -0.15) is 13.2 Å². The van der Waals surface area contributed by atoms with Gasteiger partial charge in [0.05, 0.1) is 5.92 Å². The summed E-state index contributed by atoms with van der Waals surface area (Å²) in [4.78, 5) is 25.3. The van der Waals surface area contributed by atoms with E-state index in [0.29, 0.717) is 0 Å². The van der Waals surface area contributed by atoms with Crippen LogP contribution in [0.25, 0.3) is 0 Å².